The molecule has 0 bridgehead atoms. The van der Waals surface area contributed by atoms with Crippen molar-refractivity contribution in [3.8, 4) is 11.5 Å². The first-order valence-electron chi connectivity index (χ1n) is 7.14. The van der Waals surface area contributed by atoms with Crippen molar-refractivity contribution in [2.75, 3.05) is 5.32 Å². The van der Waals surface area contributed by atoms with Crippen LogP contribution in [0.15, 0.2) is 28.9 Å². The number of carbonyl (C=O) groups excluding carboxylic acids is 1. The highest BCUT2D eigenvalue weighted by molar-refractivity contribution is 5.91. The molecule has 110 valence electrons. The number of nitrogens with zero attached hydrogens (tertiary/aromatic N) is 1. The van der Waals surface area contributed by atoms with Gasteiger partial charge in [-0.1, -0.05) is 6.42 Å². The Morgan fingerprint density at radius 3 is 2.90 bits per heavy atom. The van der Waals surface area contributed by atoms with Crippen LogP contribution in [0.25, 0.3) is 11.5 Å². The van der Waals surface area contributed by atoms with Gasteiger partial charge < -0.3 is 9.73 Å². The van der Waals surface area contributed by atoms with Crippen molar-refractivity contribution in [3.05, 3.63) is 36.0 Å². The number of nitrogens with one attached hydrogen (secondary N) is 1. The molecule has 1 aliphatic carbocycles. The number of benzene rings is 1. The Labute approximate surface area is 122 Å². The number of aryl methyl sites for hydroxylation is 1. The lowest BCUT2D eigenvalue weighted by molar-refractivity contribution is -0.117. The third-order valence-electron chi connectivity index (χ3n) is 3.80. The number of amides is 1. The predicted octanol–water partition coefficient (Wildman–Crippen LogP) is 3.92. The van der Waals surface area contributed by atoms with E-state index in [0.29, 0.717) is 23.7 Å². The molecule has 0 atom stereocenters. The molecular weight excluding hydrogens is 271 g/mol. The largest absolute Gasteiger partial charge is 0.444 e. The van der Waals surface area contributed by atoms with E-state index in [1.165, 1.54) is 18.8 Å². The topological polar surface area (TPSA) is 55.1 Å². The van der Waals surface area contributed by atoms with E-state index >= 15 is 0 Å². The van der Waals surface area contributed by atoms with Crippen LogP contribution >= 0.6 is 0 Å². The Balaban J connectivity index is 1.75. The molecule has 1 heterocycles. The summed E-state index contributed by atoms with van der Waals surface area (Å²) in [6.45, 7) is 1.77. The van der Waals surface area contributed by atoms with E-state index in [1.54, 1.807) is 19.1 Å². The van der Waals surface area contributed by atoms with Crippen molar-refractivity contribution in [3.63, 3.8) is 0 Å². The third-order valence-corrected chi connectivity index (χ3v) is 3.80. The molecule has 1 fully saturated rings. The Morgan fingerprint density at radius 1 is 1.48 bits per heavy atom. The summed E-state index contributed by atoms with van der Waals surface area (Å²) in [6, 6.07) is 4.42. The van der Waals surface area contributed by atoms with E-state index in [1.807, 2.05) is 0 Å². The highest BCUT2D eigenvalue weighted by Crippen LogP contribution is 2.30. The second-order valence-corrected chi connectivity index (χ2v) is 5.54. The smallest absolute Gasteiger partial charge is 0.229 e. The number of oxazole rings is 1. The van der Waals surface area contributed by atoms with Crippen LogP contribution in [0.2, 0.25) is 0 Å². The number of aromatic nitrogens is 1. The number of anilines is 1. The highest BCUT2D eigenvalue weighted by Gasteiger charge is 2.21. The van der Waals surface area contributed by atoms with Crippen LogP contribution in [0.3, 0.4) is 0 Å². The Bertz CT molecular complexity index is 662. The molecule has 0 saturated heterocycles. The van der Waals surface area contributed by atoms with Gasteiger partial charge in [0.05, 0.1) is 11.3 Å². The fraction of sp³-hybridized carbons (Fsp3) is 0.375. The van der Waals surface area contributed by atoms with Crippen LogP contribution in [0.1, 0.15) is 31.4 Å². The maximum absolute atomic E-state index is 13.9. The molecule has 1 aliphatic rings. The molecule has 1 N–H and O–H groups in total. The van der Waals surface area contributed by atoms with Gasteiger partial charge in [-0.25, -0.2) is 9.37 Å². The molecular formula is C16H17FN2O2. The SMILES string of the molecule is Cc1coc(-c2cc(NC(=O)CC3CCC3)ccc2F)n1. The standard InChI is InChI=1S/C16H17FN2O2/c1-10-9-21-16(18-10)13-8-12(5-6-14(13)17)19-15(20)7-11-3-2-4-11/h5-6,8-9,11H,2-4,7H2,1H3,(H,19,20). The average Bonchev–Trinajstić information content (AvgIpc) is 2.83. The molecule has 1 saturated carbocycles. The second-order valence-electron chi connectivity index (χ2n) is 5.54. The van der Waals surface area contributed by atoms with Gasteiger partial charge in [0.25, 0.3) is 0 Å². The zero-order chi connectivity index (χ0) is 14.8. The molecule has 0 aliphatic heterocycles. The summed E-state index contributed by atoms with van der Waals surface area (Å²) in [6.07, 6.45) is 5.46. The predicted molar refractivity (Wildman–Crippen MR) is 77.2 cm³/mol. The molecule has 0 unspecified atom stereocenters. The minimum Gasteiger partial charge on any atom is -0.444 e. The highest BCUT2D eigenvalue weighted by atomic mass is 19.1. The van der Waals surface area contributed by atoms with Crippen LogP contribution in [-0.4, -0.2) is 10.9 Å². The minimum absolute atomic E-state index is 0.0270. The summed E-state index contributed by atoms with van der Waals surface area (Å²) in [4.78, 5) is 16.0. The van der Waals surface area contributed by atoms with E-state index in [2.05, 4.69) is 10.3 Å². The Hall–Kier alpha value is -2.17. The normalized spacial score (nSPS) is 14.8. The fourth-order valence-electron chi connectivity index (χ4n) is 2.42. The monoisotopic (exact) mass is 288 g/mol. The zero-order valence-corrected chi connectivity index (χ0v) is 11.9. The van der Waals surface area contributed by atoms with Crippen LogP contribution in [0, 0.1) is 18.7 Å². The first kappa shape index (κ1) is 13.8. The zero-order valence-electron chi connectivity index (χ0n) is 11.9. The Morgan fingerprint density at radius 2 is 2.29 bits per heavy atom. The maximum Gasteiger partial charge on any atom is 0.229 e. The summed E-state index contributed by atoms with van der Waals surface area (Å²) < 4.78 is 19.1. The van der Waals surface area contributed by atoms with Gasteiger partial charge in [0.2, 0.25) is 11.8 Å². The second kappa shape index (κ2) is 5.68. The lowest BCUT2D eigenvalue weighted by atomic mass is 9.83. The maximum atomic E-state index is 13.9. The number of hydrogen-bond donors (Lipinski definition) is 1. The first-order valence-corrected chi connectivity index (χ1v) is 7.14. The van der Waals surface area contributed by atoms with Gasteiger partial charge in [0.1, 0.15) is 12.1 Å². The van der Waals surface area contributed by atoms with Gasteiger partial charge in [-0.05, 0) is 43.9 Å². The molecule has 3 rings (SSSR count). The van der Waals surface area contributed by atoms with Crippen molar-refractivity contribution < 1.29 is 13.6 Å². The molecule has 1 aromatic carbocycles. The number of halogens is 1. The number of carbonyl (C=O) groups is 1. The number of rotatable bonds is 4. The van der Waals surface area contributed by atoms with Crippen molar-refractivity contribution in [1.29, 1.82) is 0 Å². The van der Waals surface area contributed by atoms with E-state index in [4.69, 9.17) is 4.42 Å². The van der Waals surface area contributed by atoms with Crippen molar-refractivity contribution >= 4 is 11.6 Å². The average molecular weight is 288 g/mol. The van der Waals surface area contributed by atoms with Crippen molar-refractivity contribution in [1.82, 2.24) is 4.98 Å². The third kappa shape index (κ3) is 3.12. The van der Waals surface area contributed by atoms with Crippen LogP contribution in [-0.2, 0) is 4.79 Å². The van der Waals surface area contributed by atoms with Gasteiger partial charge in [0.15, 0.2) is 0 Å². The van der Waals surface area contributed by atoms with Crippen LogP contribution < -0.4 is 5.32 Å². The van der Waals surface area contributed by atoms with Gasteiger partial charge in [-0.3, -0.25) is 4.79 Å². The molecule has 2 aromatic rings. The molecule has 0 radical (unpaired) electrons. The summed E-state index contributed by atoms with van der Waals surface area (Å²) in [5.41, 5.74) is 1.50. The van der Waals surface area contributed by atoms with E-state index in [9.17, 15) is 9.18 Å². The van der Waals surface area contributed by atoms with E-state index in [0.717, 1.165) is 12.8 Å². The summed E-state index contributed by atoms with van der Waals surface area (Å²) in [5.74, 6) is 0.272. The molecule has 21 heavy (non-hydrogen) atoms. The van der Waals surface area contributed by atoms with E-state index in [-0.39, 0.29) is 17.4 Å². The van der Waals surface area contributed by atoms with Gasteiger partial charge in [0, 0.05) is 12.1 Å². The summed E-state index contributed by atoms with van der Waals surface area (Å²) in [5, 5.41) is 2.81. The lowest BCUT2D eigenvalue weighted by Gasteiger charge is -2.24. The first-order chi connectivity index (χ1) is 10.1. The molecule has 1 amide bonds. The van der Waals surface area contributed by atoms with Gasteiger partial charge in [-0.2, -0.15) is 0 Å². The molecule has 1 aromatic heterocycles. The molecule has 5 heteroatoms. The van der Waals surface area contributed by atoms with Crippen LogP contribution in [0.5, 0.6) is 0 Å². The summed E-state index contributed by atoms with van der Waals surface area (Å²) >= 11 is 0. The quantitative estimate of drug-likeness (QED) is 0.927. The molecule has 0 spiro atoms. The minimum atomic E-state index is -0.422. The van der Waals surface area contributed by atoms with Crippen molar-refractivity contribution in [2.24, 2.45) is 5.92 Å². The molecule has 4 nitrogen and oxygen atoms in total. The number of hydrogen-bond acceptors (Lipinski definition) is 3. The van der Waals surface area contributed by atoms with Gasteiger partial charge >= 0.3 is 0 Å². The van der Waals surface area contributed by atoms with Gasteiger partial charge in [-0.15, -0.1) is 0 Å². The Kier molecular flexibility index (Phi) is 3.73. The fourth-order valence-corrected chi connectivity index (χ4v) is 2.42. The lowest BCUT2D eigenvalue weighted by Crippen LogP contribution is -2.20. The van der Waals surface area contributed by atoms with E-state index < -0.39 is 5.82 Å². The summed E-state index contributed by atoms with van der Waals surface area (Å²) in [7, 11) is 0. The van der Waals surface area contributed by atoms with Crippen LogP contribution in [0.4, 0.5) is 10.1 Å². The van der Waals surface area contributed by atoms with Crippen molar-refractivity contribution in [2.45, 2.75) is 32.6 Å².